The van der Waals surface area contributed by atoms with E-state index in [4.69, 9.17) is 9.47 Å². The first-order valence-electron chi connectivity index (χ1n) is 5.39. The van der Waals surface area contributed by atoms with E-state index in [-0.39, 0.29) is 6.23 Å². The van der Waals surface area contributed by atoms with Gasteiger partial charge in [0.2, 0.25) is 0 Å². The van der Waals surface area contributed by atoms with Crippen molar-refractivity contribution in [3.05, 3.63) is 0 Å². The Bertz CT molecular complexity index is 207. The topological polar surface area (TPSA) is 47.6 Å². The Hall–Kier alpha value is -0.770. The van der Waals surface area contributed by atoms with Gasteiger partial charge in [0.25, 0.3) is 0 Å². The molecule has 0 bridgehead atoms. The zero-order valence-corrected chi connectivity index (χ0v) is 8.49. The summed E-state index contributed by atoms with van der Waals surface area (Å²) in [6.45, 7) is 2.15. The minimum atomic E-state index is -0.551. The Labute approximate surface area is 84.0 Å². The number of fused-ring (bicyclic) bond motifs is 1. The average molecular weight is 199 g/mol. The third-order valence-corrected chi connectivity index (χ3v) is 3.08. The molecule has 3 atom stereocenters. The lowest BCUT2D eigenvalue weighted by Gasteiger charge is -2.13. The van der Waals surface area contributed by atoms with Crippen LogP contribution in [-0.2, 0) is 9.47 Å². The number of hydrogen-bond acceptors (Lipinski definition) is 4. The smallest absolute Gasteiger partial charge is 0.435 e. The lowest BCUT2D eigenvalue weighted by molar-refractivity contribution is 0.0184. The van der Waals surface area contributed by atoms with Crippen molar-refractivity contribution in [2.45, 2.75) is 44.9 Å². The molecule has 4 nitrogen and oxygen atoms in total. The zero-order valence-electron chi connectivity index (χ0n) is 8.49. The molecule has 0 aromatic heterocycles. The highest BCUT2D eigenvalue weighted by Crippen LogP contribution is 2.34. The van der Waals surface area contributed by atoms with E-state index in [0.717, 1.165) is 6.42 Å². The Morgan fingerprint density at radius 2 is 2.36 bits per heavy atom. The normalized spacial score (nSPS) is 35.4. The molecule has 0 aromatic carbocycles. The first kappa shape index (κ1) is 9.77. The Balaban J connectivity index is 1.76. The number of rotatable bonds is 2. The van der Waals surface area contributed by atoms with Gasteiger partial charge in [-0.15, -0.1) is 0 Å². The van der Waals surface area contributed by atoms with Gasteiger partial charge in [-0.05, 0) is 25.7 Å². The van der Waals surface area contributed by atoms with E-state index in [1.54, 1.807) is 6.92 Å². The fraction of sp³-hybridized carbons (Fsp3) is 0.900. The zero-order chi connectivity index (χ0) is 9.97. The van der Waals surface area contributed by atoms with Crippen LogP contribution in [0.3, 0.4) is 0 Å². The van der Waals surface area contributed by atoms with Crippen LogP contribution in [0, 0.1) is 5.92 Å². The van der Waals surface area contributed by atoms with Crippen LogP contribution in [0.4, 0.5) is 4.79 Å². The second-order valence-electron chi connectivity index (χ2n) is 3.99. The third-order valence-electron chi connectivity index (χ3n) is 3.08. The highest BCUT2D eigenvalue weighted by Gasteiger charge is 2.38. The molecule has 1 aliphatic heterocycles. The van der Waals surface area contributed by atoms with E-state index in [1.807, 2.05) is 0 Å². The molecule has 1 saturated carbocycles. The minimum absolute atomic E-state index is 0.121. The maximum absolute atomic E-state index is 11.0. The Morgan fingerprint density at radius 3 is 3.07 bits per heavy atom. The molecular weight excluding hydrogens is 182 g/mol. The molecule has 1 saturated heterocycles. The second-order valence-corrected chi connectivity index (χ2v) is 3.99. The molecule has 2 fully saturated rings. The largest absolute Gasteiger partial charge is 0.509 e. The molecule has 80 valence electrons. The summed E-state index contributed by atoms with van der Waals surface area (Å²) in [7, 11) is 0. The number of ether oxygens (including phenoxy) is 2. The fourth-order valence-corrected chi connectivity index (χ4v) is 2.47. The molecule has 0 spiro atoms. The summed E-state index contributed by atoms with van der Waals surface area (Å²) in [6.07, 6.45) is 4.06. The molecule has 0 aromatic rings. The van der Waals surface area contributed by atoms with E-state index in [1.165, 1.54) is 19.3 Å². The number of nitrogens with one attached hydrogen (secondary N) is 1. The molecule has 1 aliphatic carbocycles. The summed E-state index contributed by atoms with van der Waals surface area (Å²) in [5, 5.41) is 3.32. The van der Waals surface area contributed by atoms with Crippen molar-refractivity contribution in [1.82, 2.24) is 5.32 Å². The molecule has 0 amide bonds. The van der Waals surface area contributed by atoms with Crippen LogP contribution in [0.15, 0.2) is 0 Å². The van der Waals surface area contributed by atoms with Crippen molar-refractivity contribution >= 4 is 6.16 Å². The summed E-state index contributed by atoms with van der Waals surface area (Å²) < 4.78 is 9.84. The first-order chi connectivity index (χ1) is 6.79. The lowest BCUT2D eigenvalue weighted by atomic mass is 10.0. The summed E-state index contributed by atoms with van der Waals surface area (Å²) in [5.74, 6) is 0.703. The maximum atomic E-state index is 11.0. The summed E-state index contributed by atoms with van der Waals surface area (Å²) >= 11 is 0. The van der Waals surface area contributed by atoms with Crippen molar-refractivity contribution in [1.29, 1.82) is 0 Å². The van der Waals surface area contributed by atoms with Crippen LogP contribution in [0.2, 0.25) is 0 Å². The van der Waals surface area contributed by atoms with Gasteiger partial charge in [0.1, 0.15) is 0 Å². The quantitative estimate of drug-likeness (QED) is 0.687. The Morgan fingerprint density at radius 1 is 1.50 bits per heavy atom. The van der Waals surface area contributed by atoms with Crippen LogP contribution in [0.1, 0.15) is 32.6 Å². The van der Waals surface area contributed by atoms with E-state index in [2.05, 4.69) is 5.32 Å². The van der Waals surface area contributed by atoms with E-state index < -0.39 is 6.16 Å². The van der Waals surface area contributed by atoms with Gasteiger partial charge >= 0.3 is 6.16 Å². The van der Waals surface area contributed by atoms with Crippen molar-refractivity contribution < 1.29 is 14.3 Å². The van der Waals surface area contributed by atoms with Crippen molar-refractivity contribution in [2.75, 3.05) is 6.61 Å². The van der Waals surface area contributed by atoms with Gasteiger partial charge in [-0.1, -0.05) is 6.42 Å². The van der Waals surface area contributed by atoms with E-state index in [0.29, 0.717) is 18.6 Å². The molecule has 1 N–H and O–H groups in total. The van der Waals surface area contributed by atoms with Crippen LogP contribution in [-0.4, -0.2) is 25.0 Å². The van der Waals surface area contributed by atoms with E-state index in [9.17, 15) is 4.79 Å². The Kier molecular flexibility index (Phi) is 2.91. The van der Waals surface area contributed by atoms with Crippen LogP contribution >= 0.6 is 0 Å². The molecule has 0 radical (unpaired) electrons. The summed E-state index contributed by atoms with van der Waals surface area (Å²) in [6, 6.07) is 0.564. The highest BCUT2D eigenvalue weighted by molar-refractivity contribution is 5.60. The van der Waals surface area contributed by atoms with Gasteiger partial charge in [-0.3, -0.25) is 5.32 Å². The van der Waals surface area contributed by atoms with Gasteiger partial charge in [0.05, 0.1) is 6.61 Å². The van der Waals surface area contributed by atoms with Crippen LogP contribution in [0.5, 0.6) is 0 Å². The monoisotopic (exact) mass is 199 g/mol. The maximum Gasteiger partial charge on any atom is 0.509 e. The molecule has 2 rings (SSSR count). The molecule has 2 aliphatic rings. The lowest BCUT2D eigenvalue weighted by Crippen LogP contribution is -2.33. The van der Waals surface area contributed by atoms with Gasteiger partial charge in [-0.2, -0.15) is 0 Å². The summed E-state index contributed by atoms with van der Waals surface area (Å²) in [5.41, 5.74) is 0. The van der Waals surface area contributed by atoms with E-state index >= 15 is 0 Å². The minimum Gasteiger partial charge on any atom is -0.435 e. The van der Waals surface area contributed by atoms with Crippen LogP contribution < -0.4 is 5.32 Å². The van der Waals surface area contributed by atoms with Crippen molar-refractivity contribution in [2.24, 2.45) is 5.92 Å². The molecule has 14 heavy (non-hydrogen) atoms. The second kappa shape index (κ2) is 4.17. The predicted octanol–water partition coefficient (Wildman–Crippen LogP) is 1.65. The molecule has 0 unspecified atom stereocenters. The standard InChI is InChI=1S/C10H17NO3/c1-2-13-10(12)14-9-6-7-4-3-5-8(7)11-9/h7-9,11H,2-6H2,1H3/t7-,8-,9-/m0/s1. The first-order valence-corrected chi connectivity index (χ1v) is 5.39. The fourth-order valence-electron chi connectivity index (χ4n) is 2.47. The van der Waals surface area contributed by atoms with Crippen LogP contribution in [0.25, 0.3) is 0 Å². The number of carbonyl (C=O) groups excluding carboxylic acids is 1. The van der Waals surface area contributed by atoms with Gasteiger partial charge < -0.3 is 9.47 Å². The molecule has 4 heteroatoms. The van der Waals surface area contributed by atoms with Gasteiger partial charge in [0.15, 0.2) is 6.23 Å². The third kappa shape index (κ3) is 2.00. The van der Waals surface area contributed by atoms with Crippen molar-refractivity contribution in [3.8, 4) is 0 Å². The SMILES string of the molecule is CCOC(=O)O[C@H]1C[C@@H]2CCC[C@@H]2N1. The van der Waals surface area contributed by atoms with Gasteiger partial charge in [-0.25, -0.2) is 4.79 Å². The average Bonchev–Trinajstić information content (AvgIpc) is 2.63. The number of hydrogen-bond donors (Lipinski definition) is 1. The van der Waals surface area contributed by atoms with Crippen molar-refractivity contribution in [3.63, 3.8) is 0 Å². The van der Waals surface area contributed by atoms with Gasteiger partial charge in [0, 0.05) is 12.5 Å². The number of carbonyl (C=O) groups is 1. The predicted molar refractivity (Wildman–Crippen MR) is 50.8 cm³/mol. The summed E-state index contributed by atoms with van der Waals surface area (Å²) in [4.78, 5) is 11.0. The molecular formula is C10H17NO3. The highest BCUT2D eigenvalue weighted by atomic mass is 16.7. The molecule has 1 heterocycles.